The molecule has 2 aliphatic heterocycles. The third kappa shape index (κ3) is 6.02. The first-order valence-corrected chi connectivity index (χ1v) is 12.6. The first-order chi connectivity index (χ1) is 17.6. The Balaban J connectivity index is 0.000000180. The van der Waals surface area contributed by atoms with Crippen LogP contribution in [0.15, 0.2) is 45.6 Å². The molecule has 2 fully saturated rings. The molecule has 3 aromatic rings. The van der Waals surface area contributed by atoms with E-state index in [1.54, 1.807) is 0 Å². The second kappa shape index (κ2) is 10.9. The van der Waals surface area contributed by atoms with Crippen molar-refractivity contribution in [3.05, 3.63) is 46.6 Å². The summed E-state index contributed by atoms with van der Waals surface area (Å²) >= 11 is 1.87. The first-order valence-electron chi connectivity index (χ1n) is 11.5. The Kier molecular flexibility index (Phi) is 7.67. The van der Waals surface area contributed by atoms with Crippen LogP contribution in [0.1, 0.15) is 25.7 Å². The Labute approximate surface area is 214 Å². The van der Waals surface area contributed by atoms with Gasteiger partial charge in [0.2, 0.25) is 0 Å². The molecular weight excluding hydrogens is 504 g/mol. The fourth-order valence-corrected chi connectivity index (χ4v) is 5.88. The molecule has 196 valence electrons. The zero-order chi connectivity index (χ0) is 26.7. The molecule has 0 saturated carbocycles. The van der Waals surface area contributed by atoms with Crippen LogP contribution in [0.2, 0.25) is 0 Å². The second-order valence-electron chi connectivity index (χ2n) is 8.78. The van der Waals surface area contributed by atoms with Crippen molar-refractivity contribution in [2.24, 2.45) is 0 Å². The van der Waals surface area contributed by atoms with Gasteiger partial charge in [-0.05, 0) is 31.0 Å². The van der Waals surface area contributed by atoms with E-state index >= 15 is 0 Å². The van der Waals surface area contributed by atoms with Gasteiger partial charge in [-0.2, -0.15) is 11.8 Å². The summed E-state index contributed by atoms with van der Waals surface area (Å²) < 4.78 is 5.47. The molecule has 0 unspecified atom stereocenters. The summed E-state index contributed by atoms with van der Waals surface area (Å²) in [5.41, 5.74) is -0.106. The smallest absolute Gasteiger partial charge is 0.315 e. The van der Waals surface area contributed by atoms with Gasteiger partial charge in [0.15, 0.2) is 16.9 Å². The number of hydrogen-bond acceptors (Lipinski definition) is 9. The van der Waals surface area contributed by atoms with Crippen molar-refractivity contribution in [1.29, 1.82) is 0 Å². The molecule has 2 aromatic carbocycles. The Morgan fingerprint density at radius 1 is 0.973 bits per heavy atom. The first kappa shape index (κ1) is 26.0. The fourth-order valence-electron chi connectivity index (χ4n) is 4.34. The zero-order valence-electron chi connectivity index (χ0n) is 19.5. The summed E-state index contributed by atoms with van der Waals surface area (Å²) in [5, 5.41) is 52.6. The van der Waals surface area contributed by atoms with Crippen LogP contribution in [0.5, 0.6) is 23.0 Å². The summed E-state index contributed by atoms with van der Waals surface area (Å²) in [4.78, 5) is 33.5. The Morgan fingerprint density at radius 3 is 2.49 bits per heavy atom. The molecule has 12 heteroatoms. The molecule has 37 heavy (non-hydrogen) atoms. The van der Waals surface area contributed by atoms with E-state index in [0.717, 1.165) is 37.1 Å². The number of carbonyl (C=O) groups is 2. The number of carboxylic acids is 1. The molecule has 1 aromatic heterocycles. The number of carbonyl (C=O) groups excluding carboxylic acids is 1. The summed E-state index contributed by atoms with van der Waals surface area (Å²) in [6.07, 6.45) is 2.88. The number of rotatable bonds is 6. The van der Waals surface area contributed by atoms with E-state index in [0.29, 0.717) is 10.8 Å². The van der Waals surface area contributed by atoms with E-state index < -0.39 is 11.4 Å². The third-order valence-electron chi connectivity index (χ3n) is 6.12. The summed E-state index contributed by atoms with van der Waals surface area (Å²) in [6.45, 7) is 0. The average Bonchev–Trinajstić information content (AvgIpc) is 3.37. The lowest BCUT2D eigenvalue weighted by Gasteiger charge is -2.16. The Hall–Kier alpha value is -4.06. The van der Waals surface area contributed by atoms with Crippen LogP contribution in [0, 0.1) is 0 Å². The van der Waals surface area contributed by atoms with Crippen LogP contribution in [0.4, 0.5) is 4.79 Å². The number of nitrogens with one attached hydrogen (secondary N) is 2. The monoisotopic (exact) mass is 530 g/mol. The quantitative estimate of drug-likeness (QED) is 0.142. The molecule has 7 N–H and O–H groups in total. The minimum Gasteiger partial charge on any atom is -0.508 e. The van der Waals surface area contributed by atoms with Gasteiger partial charge in [0.05, 0.1) is 12.1 Å². The maximum atomic E-state index is 12.0. The number of aromatic hydroxyl groups is 4. The lowest BCUT2D eigenvalue weighted by Crippen LogP contribution is -2.36. The molecule has 5 rings (SSSR count). The number of aliphatic carboxylic acids is 1. The Morgan fingerprint density at radius 2 is 1.76 bits per heavy atom. The van der Waals surface area contributed by atoms with Crippen LogP contribution in [-0.2, 0) is 4.79 Å². The van der Waals surface area contributed by atoms with Gasteiger partial charge >= 0.3 is 12.0 Å². The van der Waals surface area contributed by atoms with Crippen molar-refractivity contribution in [3.63, 3.8) is 0 Å². The van der Waals surface area contributed by atoms with E-state index in [4.69, 9.17) is 9.52 Å². The molecule has 0 aliphatic carbocycles. The summed E-state index contributed by atoms with van der Waals surface area (Å²) in [6, 6.07) is 7.81. The number of amides is 2. The van der Waals surface area contributed by atoms with Gasteiger partial charge in [0.1, 0.15) is 28.2 Å². The van der Waals surface area contributed by atoms with Crippen molar-refractivity contribution >= 4 is 34.7 Å². The van der Waals surface area contributed by atoms with Crippen molar-refractivity contribution in [2.45, 2.75) is 43.0 Å². The van der Waals surface area contributed by atoms with Crippen molar-refractivity contribution < 1.29 is 39.5 Å². The number of thioether (sulfide) groups is 1. The van der Waals surface area contributed by atoms with Crippen LogP contribution in [0.3, 0.4) is 0 Å². The zero-order valence-corrected chi connectivity index (χ0v) is 20.3. The van der Waals surface area contributed by atoms with Crippen LogP contribution in [-0.4, -0.2) is 60.6 Å². The normalized spacial score (nSPS) is 20.0. The predicted octanol–water partition coefficient (Wildman–Crippen LogP) is 3.08. The standard InChI is InChI=1S/C15H10O6.C10H16N2O3S/c16-8-4-11(19)15-12(20)6-13(21-14(15)5-8)7-1-2-9(17)10(18)3-7;13-8(14)4-2-1-3-7-9-6(5-16-7)11-10(15)12-9/h1-6,16-19H;6-7,9H,1-5H2,(H,13,14)(H2,11,12,15)/t;6-,7-,9-/m.0/s1. The van der Waals surface area contributed by atoms with E-state index in [2.05, 4.69) is 10.6 Å². The maximum Gasteiger partial charge on any atom is 0.315 e. The van der Waals surface area contributed by atoms with Gasteiger partial charge in [-0.15, -0.1) is 0 Å². The molecule has 2 amide bonds. The van der Waals surface area contributed by atoms with Crippen molar-refractivity contribution in [3.8, 4) is 34.3 Å². The molecule has 3 atom stereocenters. The third-order valence-corrected chi connectivity index (χ3v) is 7.63. The van der Waals surface area contributed by atoms with E-state index in [1.165, 1.54) is 24.3 Å². The van der Waals surface area contributed by atoms with Gasteiger partial charge in [0.25, 0.3) is 0 Å². The molecule has 0 radical (unpaired) electrons. The highest BCUT2D eigenvalue weighted by molar-refractivity contribution is 8.00. The number of benzene rings is 2. The number of phenols is 4. The minimum atomic E-state index is -0.729. The molecule has 2 aliphatic rings. The molecule has 3 heterocycles. The van der Waals surface area contributed by atoms with Crippen LogP contribution >= 0.6 is 11.8 Å². The SMILES string of the molecule is O=C(O)CCCC[C@@H]1SC[C@@H]2NC(=O)N[C@@H]21.O=c1cc(-c2ccc(O)c(O)c2)oc2cc(O)cc(O)c12. The summed E-state index contributed by atoms with van der Waals surface area (Å²) in [5.74, 6) is -0.896. The molecule has 0 spiro atoms. The topological polar surface area (TPSA) is 190 Å². The largest absolute Gasteiger partial charge is 0.508 e. The highest BCUT2D eigenvalue weighted by Crippen LogP contribution is 2.34. The van der Waals surface area contributed by atoms with Gasteiger partial charge in [-0.1, -0.05) is 6.42 Å². The van der Waals surface area contributed by atoms with E-state index in [1.807, 2.05) is 11.8 Å². The van der Waals surface area contributed by atoms with Crippen LogP contribution in [0.25, 0.3) is 22.3 Å². The molecule has 2 saturated heterocycles. The lowest BCUT2D eigenvalue weighted by atomic mass is 10.0. The summed E-state index contributed by atoms with van der Waals surface area (Å²) in [7, 11) is 0. The average molecular weight is 531 g/mol. The van der Waals surface area contributed by atoms with E-state index in [9.17, 15) is 34.8 Å². The highest BCUT2D eigenvalue weighted by atomic mass is 32.2. The number of unbranched alkanes of at least 4 members (excludes halogenated alkanes) is 1. The lowest BCUT2D eigenvalue weighted by molar-refractivity contribution is -0.137. The highest BCUT2D eigenvalue weighted by Gasteiger charge is 2.42. The van der Waals surface area contributed by atoms with Gasteiger partial charge in [0, 0.05) is 41.2 Å². The van der Waals surface area contributed by atoms with Crippen molar-refractivity contribution in [2.75, 3.05) is 5.75 Å². The number of urea groups is 1. The number of fused-ring (bicyclic) bond motifs is 2. The Bertz CT molecular complexity index is 1390. The second-order valence-corrected chi connectivity index (χ2v) is 10.0. The van der Waals surface area contributed by atoms with Gasteiger partial charge in [-0.3, -0.25) is 9.59 Å². The van der Waals surface area contributed by atoms with Gasteiger partial charge in [-0.25, -0.2) is 4.79 Å². The van der Waals surface area contributed by atoms with E-state index in [-0.39, 0.29) is 64.3 Å². The van der Waals surface area contributed by atoms with Crippen molar-refractivity contribution in [1.82, 2.24) is 10.6 Å². The number of carboxylic acid groups (broad SMARTS) is 1. The minimum absolute atomic E-state index is 0.0163. The molecule has 11 nitrogen and oxygen atoms in total. The maximum absolute atomic E-state index is 12.0. The van der Waals surface area contributed by atoms with Gasteiger partial charge < -0.3 is 40.6 Å². The fraction of sp³-hybridized carbons (Fsp3) is 0.320. The number of phenolic OH excluding ortho intramolecular Hbond substituents is 4. The molecular formula is C25H26N2O9S. The molecule has 0 bridgehead atoms. The number of hydrogen-bond donors (Lipinski definition) is 7. The predicted molar refractivity (Wildman–Crippen MR) is 136 cm³/mol. The van der Waals surface area contributed by atoms with Crippen LogP contribution < -0.4 is 16.1 Å².